The summed E-state index contributed by atoms with van der Waals surface area (Å²) < 4.78 is 11.6. The van der Waals surface area contributed by atoms with Gasteiger partial charge in [-0.15, -0.1) is 0 Å². The second-order valence-corrected chi connectivity index (χ2v) is 2.65. The smallest absolute Gasteiger partial charge is 0.0906 e. The van der Waals surface area contributed by atoms with E-state index < -0.39 is 0 Å². The van der Waals surface area contributed by atoms with Crippen LogP contribution in [0.3, 0.4) is 0 Å². The second-order valence-electron chi connectivity index (χ2n) is 2.65. The van der Waals surface area contributed by atoms with Crippen LogP contribution >= 0.6 is 0 Å². The topological polar surface area (TPSA) is 23.5 Å². The summed E-state index contributed by atoms with van der Waals surface area (Å²) in [6.07, 6.45) is 0.244. The Balaban J connectivity index is 3.16. The van der Waals surface area contributed by atoms with Crippen LogP contribution in [0.5, 0.6) is 0 Å². The molecule has 0 bridgehead atoms. The Kier molecular flexibility index (Phi) is 5.54. The van der Waals surface area contributed by atoms with Crippen molar-refractivity contribution < 1.29 is 9.50 Å². The molecule has 0 amide bonds. The fourth-order valence-corrected chi connectivity index (χ4v) is 0.872. The van der Waals surface area contributed by atoms with E-state index in [0.29, 0.717) is 13.0 Å². The summed E-state index contributed by atoms with van der Waals surface area (Å²) in [6, 6.07) is 0. The molecular weight excluding hydrogens is 133 g/mol. The highest BCUT2D eigenvalue weighted by atomic mass is 19.1. The number of aliphatic hydroxyl groups is 1. The maximum atomic E-state index is 11.6. The van der Waals surface area contributed by atoms with Crippen LogP contribution < -0.4 is 0 Å². The maximum absolute atomic E-state index is 11.6. The van der Waals surface area contributed by atoms with Gasteiger partial charge in [-0.05, 0) is 20.4 Å². The van der Waals surface area contributed by atoms with Gasteiger partial charge in [0.05, 0.1) is 12.8 Å². The molecule has 0 spiro atoms. The Morgan fingerprint density at radius 2 is 2.20 bits per heavy atom. The number of nitrogens with zero attached hydrogens (tertiary/aromatic N) is 1. The molecule has 0 aromatic carbocycles. The number of aliphatic hydroxyl groups excluding tert-OH is 1. The zero-order chi connectivity index (χ0) is 7.98. The Hall–Kier alpha value is -0.150. The Bertz CT molecular complexity index is 78.0. The molecule has 2 nitrogen and oxygen atoms in total. The van der Waals surface area contributed by atoms with Crippen molar-refractivity contribution in [1.29, 1.82) is 0 Å². The van der Waals surface area contributed by atoms with Gasteiger partial charge >= 0.3 is 0 Å². The standard InChI is InChI=1S/C7H16FNO/c1-7(10)6-9(2)5-3-4-8/h7,10H,3-6H2,1-2H3/t7-/m1/s1. The fourth-order valence-electron chi connectivity index (χ4n) is 0.872. The zero-order valence-corrected chi connectivity index (χ0v) is 6.68. The van der Waals surface area contributed by atoms with Gasteiger partial charge in [0.2, 0.25) is 0 Å². The van der Waals surface area contributed by atoms with Gasteiger partial charge in [-0.3, -0.25) is 4.39 Å². The number of likely N-dealkylation sites (N-methyl/N-ethyl adjacent to an activating group) is 1. The van der Waals surface area contributed by atoms with Crippen molar-refractivity contribution in [2.45, 2.75) is 19.4 Å². The minimum atomic E-state index is -0.315. The van der Waals surface area contributed by atoms with Crippen LogP contribution in [0.15, 0.2) is 0 Å². The number of hydrogen-bond acceptors (Lipinski definition) is 2. The lowest BCUT2D eigenvalue weighted by Gasteiger charge is -2.16. The van der Waals surface area contributed by atoms with E-state index in [-0.39, 0.29) is 12.8 Å². The van der Waals surface area contributed by atoms with Crippen LogP contribution in [0.4, 0.5) is 4.39 Å². The highest BCUT2D eigenvalue weighted by molar-refractivity contribution is 4.55. The molecule has 0 radical (unpaired) electrons. The van der Waals surface area contributed by atoms with Gasteiger partial charge in [0.15, 0.2) is 0 Å². The van der Waals surface area contributed by atoms with Crippen molar-refractivity contribution in [1.82, 2.24) is 4.90 Å². The van der Waals surface area contributed by atoms with Crippen molar-refractivity contribution in [3.8, 4) is 0 Å². The van der Waals surface area contributed by atoms with Crippen molar-refractivity contribution in [2.24, 2.45) is 0 Å². The lowest BCUT2D eigenvalue weighted by molar-refractivity contribution is 0.139. The van der Waals surface area contributed by atoms with Gasteiger partial charge in [0.1, 0.15) is 0 Å². The first kappa shape index (κ1) is 9.85. The fraction of sp³-hybridized carbons (Fsp3) is 1.00. The summed E-state index contributed by atoms with van der Waals surface area (Å²) in [7, 11) is 1.88. The predicted octanol–water partition coefficient (Wildman–Crippen LogP) is 0.659. The third-order valence-corrected chi connectivity index (χ3v) is 1.25. The van der Waals surface area contributed by atoms with Crippen LogP contribution in [-0.2, 0) is 0 Å². The van der Waals surface area contributed by atoms with Gasteiger partial charge in [0.25, 0.3) is 0 Å². The van der Waals surface area contributed by atoms with Crippen molar-refractivity contribution in [2.75, 3.05) is 26.8 Å². The van der Waals surface area contributed by atoms with E-state index >= 15 is 0 Å². The van der Waals surface area contributed by atoms with Crippen molar-refractivity contribution >= 4 is 0 Å². The zero-order valence-electron chi connectivity index (χ0n) is 6.68. The maximum Gasteiger partial charge on any atom is 0.0906 e. The first-order valence-electron chi connectivity index (χ1n) is 3.59. The van der Waals surface area contributed by atoms with E-state index in [2.05, 4.69) is 0 Å². The largest absolute Gasteiger partial charge is 0.392 e. The number of halogens is 1. The molecule has 0 aliphatic heterocycles. The Morgan fingerprint density at radius 1 is 1.60 bits per heavy atom. The molecule has 0 aliphatic carbocycles. The van der Waals surface area contributed by atoms with Crippen LogP contribution in [0.25, 0.3) is 0 Å². The van der Waals surface area contributed by atoms with Crippen molar-refractivity contribution in [3.05, 3.63) is 0 Å². The highest BCUT2D eigenvalue weighted by Gasteiger charge is 2.00. The van der Waals surface area contributed by atoms with Gasteiger partial charge in [-0.2, -0.15) is 0 Å². The molecule has 0 heterocycles. The lowest BCUT2D eigenvalue weighted by atomic mass is 10.3. The van der Waals surface area contributed by atoms with Gasteiger partial charge < -0.3 is 10.0 Å². The second kappa shape index (κ2) is 5.62. The molecule has 0 saturated carbocycles. The van der Waals surface area contributed by atoms with E-state index in [0.717, 1.165) is 6.54 Å². The quantitative estimate of drug-likeness (QED) is 0.620. The van der Waals surface area contributed by atoms with Crippen LogP contribution in [0.2, 0.25) is 0 Å². The minimum absolute atomic E-state index is 0.274. The van der Waals surface area contributed by atoms with Crippen molar-refractivity contribution in [3.63, 3.8) is 0 Å². The van der Waals surface area contributed by atoms with E-state index in [1.165, 1.54) is 0 Å². The molecule has 3 heteroatoms. The SMILES string of the molecule is C[C@@H](O)CN(C)CCCF. The summed E-state index contributed by atoms with van der Waals surface area (Å²) in [6.45, 7) is 2.80. The van der Waals surface area contributed by atoms with E-state index in [4.69, 9.17) is 5.11 Å². The summed E-state index contributed by atoms with van der Waals surface area (Å²) in [5, 5.41) is 8.89. The molecule has 0 aliphatic rings. The van der Waals surface area contributed by atoms with Gasteiger partial charge in [-0.1, -0.05) is 0 Å². The summed E-state index contributed by atoms with van der Waals surface area (Å²) in [4.78, 5) is 1.92. The summed E-state index contributed by atoms with van der Waals surface area (Å²) in [5.41, 5.74) is 0. The van der Waals surface area contributed by atoms with E-state index in [1.807, 2.05) is 11.9 Å². The number of rotatable bonds is 5. The summed E-state index contributed by atoms with van der Waals surface area (Å²) in [5.74, 6) is 0. The molecule has 0 unspecified atom stereocenters. The lowest BCUT2D eigenvalue weighted by Crippen LogP contribution is -2.28. The highest BCUT2D eigenvalue weighted by Crippen LogP contribution is 1.90. The molecular formula is C7H16FNO. The number of alkyl halides is 1. The molecule has 0 rings (SSSR count). The molecule has 0 aromatic rings. The Labute approximate surface area is 61.6 Å². The van der Waals surface area contributed by atoms with Crippen LogP contribution in [0, 0.1) is 0 Å². The first-order chi connectivity index (χ1) is 4.66. The average Bonchev–Trinajstić information content (AvgIpc) is 1.82. The molecule has 10 heavy (non-hydrogen) atoms. The first-order valence-corrected chi connectivity index (χ1v) is 3.59. The Morgan fingerprint density at radius 3 is 2.60 bits per heavy atom. The molecule has 0 saturated heterocycles. The van der Waals surface area contributed by atoms with Gasteiger partial charge in [0, 0.05) is 13.1 Å². The normalized spacial score (nSPS) is 14.1. The molecule has 1 atom stereocenters. The third-order valence-electron chi connectivity index (χ3n) is 1.25. The molecule has 1 N–H and O–H groups in total. The van der Waals surface area contributed by atoms with Crippen LogP contribution in [-0.4, -0.2) is 42.9 Å². The molecule has 0 fully saturated rings. The molecule has 62 valence electrons. The van der Waals surface area contributed by atoms with E-state index in [9.17, 15) is 4.39 Å². The molecule has 0 aromatic heterocycles. The third kappa shape index (κ3) is 5.98. The summed E-state index contributed by atoms with van der Waals surface area (Å²) >= 11 is 0. The van der Waals surface area contributed by atoms with Crippen LogP contribution in [0.1, 0.15) is 13.3 Å². The average molecular weight is 149 g/mol. The minimum Gasteiger partial charge on any atom is -0.392 e. The monoisotopic (exact) mass is 149 g/mol. The van der Waals surface area contributed by atoms with Gasteiger partial charge in [-0.25, -0.2) is 0 Å². The van der Waals surface area contributed by atoms with E-state index in [1.54, 1.807) is 6.92 Å². The predicted molar refractivity (Wildman–Crippen MR) is 39.8 cm³/mol. The number of hydrogen-bond donors (Lipinski definition) is 1.